The van der Waals surface area contributed by atoms with Crippen molar-refractivity contribution in [2.75, 3.05) is 0 Å². The molecule has 0 fully saturated rings. The maximum atomic E-state index is 9.96. The van der Waals surface area contributed by atoms with Gasteiger partial charge in [-0.2, -0.15) is 0 Å². The van der Waals surface area contributed by atoms with Gasteiger partial charge in [0.25, 0.3) is 0 Å². The van der Waals surface area contributed by atoms with Gasteiger partial charge in [0.1, 0.15) is 6.29 Å². The fourth-order valence-electron chi connectivity index (χ4n) is 0.699. The molecule has 1 heterocycles. The van der Waals surface area contributed by atoms with Crippen LogP contribution in [-0.2, 0) is 11.2 Å². The predicted molar refractivity (Wildman–Crippen MR) is 41.2 cm³/mol. The van der Waals surface area contributed by atoms with Crippen LogP contribution in [0.5, 0.6) is 0 Å². The van der Waals surface area contributed by atoms with Gasteiger partial charge < -0.3 is 4.79 Å². The third-order valence-electron chi connectivity index (χ3n) is 1.15. The molecule has 0 amide bonds. The molecule has 0 unspecified atom stereocenters. The summed E-state index contributed by atoms with van der Waals surface area (Å²) in [4.78, 5) is 15.3. The summed E-state index contributed by atoms with van der Waals surface area (Å²) in [5.41, 5.74) is 0. The smallest absolute Gasteiger partial charge is 0.120 e. The third kappa shape index (κ3) is 1.92. The van der Waals surface area contributed by atoms with Crippen LogP contribution in [0.2, 0.25) is 0 Å². The minimum atomic E-state index is 0.590. The highest BCUT2D eigenvalue weighted by Crippen LogP contribution is 2.11. The van der Waals surface area contributed by atoms with Crippen molar-refractivity contribution in [1.29, 1.82) is 0 Å². The predicted octanol–water partition coefficient (Wildman–Crippen LogP) is 1.58. The van der Waals surface area contributed by atoms with Gasteiger partial charge in [0.2, 0.25) is 0 Å². The zero-order valence-corrected chi connectivity index (χ0v) is 6.65. The second-order valence-electron chi connectivity index (χ2n) is 2.07. The van der Waals surface area contributed by atoms with E-state index in [4.69, 9.17) is 0 Å². The normalized spacial score (nSPS) is 9.70. The van der Waals surface area contributed by atoms with Crippen molar-refractivity contribution >= 4 is 17.6 Å². The number of nitrogens with zero attached hydrogens (tertiary/aromatic N) is 1. The standard InChI is InChI=1S/C7H9NOS/c1-6-5-8-7(10-6)3-2-4-9/h4-5H,2-3H2,1H3. The maximum absolute atomic E-state index is 9.96. The fraction of sp³-hybridized carbons (Fsp3) is 0.429. The summed E-state index contributed by atoms with van der Waals surface area (Å²) >= 11 is 1.66. The van der Waals surface area contributed by atoms with Crippen LogP contribution in [-0.4, -0.2) is 11.3 Å². The van der Waals surface area contributed by atoms with Gasteiger partial charge in [-0.3, -0.25) is 0 Å². The monoisotopic (exact) mass is 155 g/mol. The third-order valence-corrected chi connectivity index (χ3v) is 2.12. The summed E-state index contributed by atoms with van der Waals surface area (Å²) in [6.07, 6.45) is 4.15. The number of aryl methyl sites for hydroxylation is 2. The molecule has 0 aliphatic rings. The van der Waals surface area contributed by atoms with Gasteiger partial charge >= 0.3 is 0 Å². The zero-order valence-electron chi connectivity index (χ0n) is 5.83. The number of thiazole rings is 1. The van der Waals surface area contributed by atoms with Crippen LogP contribution in [0.4, 0.5) is 0 Å². The highest BCUT2D eigenvalue weighted by molar-refractivity contribution is 7.11. The van der Waals surface area contributed by atoms with E-state index in [0.717, 1.165) is 17.7 Å². The van der Waals surface area contributed by atoms with Gasteiger partial charge in [0.15, 0.2) is 0 Å². The van der Waals surface area contributed by atoms with E-state index in [1.54, 1.807) is 11.3 Å². The molecule has 0 aromatic carbocycles. The number of carbonyl (C=O) groups excluding carboxylic acids is 1. The minimum absolute atomic E-state index is 0.590. The first-order chi connectivity index (χ1) is 4.83. The van der Waals surface area contributed by atoms with E-state index in [2.05, 4.69) is 4.98 Å². The minimum Gasteiger partial charge on any atom is -0.303 e. The number of aldehydes is 1. The van der Waals surface area contributed by atoms with Gasteiger partial charge in [0.05, 0.1) is 5.01 Å². The molecule has 0 saturated heterocycles. The highest BCUT2D eigenvalue weighted by atomic mass is 32.1. The molecule has 0 aliphatic heterocycles. The van der Waals surface area contributed by atoms with E-state index in [-0.39, 0.29) is 0 Å². The summed E-state index contributed by atoms with van der Waals surface area (Å²) in [7, 11) is 0. The molecule has 0 bridgehead atoms. The highest BCUT2D eigenvalue weighted by Gasteiger charge is 1.95. The van der Waals surface area contributed by atoms with Crippen molar-refractivity contribution in [3.05, 3.63) is 16.1 Å². The van der Waals surface area contributed by atoms with Crippen LogP contribution in [0.15, 0.2) is 6.20 Å². The van der Waals surface area contributed by atoms with E-state index in [0.29, 0.717) is 6.42 Å². The Morgan fingerprint density at radius 1 is 1.80 bits per heavy atom. The Bertz CT molecular complexity index is 219. The largest absolute Gasteiger partial charge is 0.303 e. The lowest BCUT2D eigenvalue weighted by molar-refractivity contribution is -0.107. The Hall–Kier alpha value is -0.700. The Balaban J connectivity index is 2.49. The average molecular weight is 155 g/mol. The quantitative estimate of drug-likeness (QED) is 0.620. The average Bonchev–Trinajstić information content (AvgIpc) is 2.31. The second-order valence-corrected chi connectivity index (χ2v) is 3.39. The van der Waals surface area contributed by atoms with Crippen molar-refractivity contribution in [3.8, 4) is 0 Å². The van der Waals surface area contributed by atoms with Crippen LogP contribution in [0.25, 0.3) is 0 Å². The lowest BCUT2D eigenvalue weighted by atomic mass is 10.3. The number of rotatable bonds is 3. The summed E-state index contributed by atoms with van der Waals surface area (Å²) < 4.78 is 0. The Kier molecular flexibility index (Phi) is 2.57. The van der Waals surface area contributed by atoms with Gasteiger partial charge in [-0.25, -0.2) is 4.98 Å². The van der Waals surface area contributed by atoms with Crippen LogP contribution in [0.1, 0.15) is 16.3 Å². The first kappa shape index (κ1) is 7.41. The molecule has 0 radical (unpaired) electrons. The van der Waals surface area contributed by atoms with Gasteiger partial charge in [-0.05, 0) is 6.92 Å². The number of aromatic nitrogens is 1. The van der Waals surface area contributed by atoms with Crippen LogP contribution in [0.3, 0.4) is 0 Å². The van der Waals surface area contributed by atoms with Crippen molar-refractivity contribution in [3.63, 3.8) is 0 Å². The van der Waals surface area contributed by atoms with E-state index >= 15 is 0 Å². The van der Waals surface area contributed by atoms with Crippen LogP contribution >= 0.6 is 11.3 Å². The molecule has 0 saturated carbocycles. The number of hydrogen-bond donors (Lipinski definition) is 0. The van der Waals surface area contributed by atoms with Gasteiger partial charge in [-0.1, -0.05) is 0 Å². The van der Waals surface area contributed by atoms with Crippen molar-refractivity contribution < 1.29 is 4.79 Å². The fourth-order valence-corrected chi connectivity index (χ4v) is 1.50. The van der Waals surface area contributed by atoms with E-state index in [1.807, 2.05) is 13.1 Å². The molecule has 0 N–H and O–H groups in total. The van der Waals surface area contributed by atoms with E-state index in [1.165, 1.54) is 4.88 Å². The zero-order chi connectivity index (χ0) is 7.40. The van der Waals surface area contributed by atoms with Crippen molar-refractivity contribution in [1.82, 2.24) is 4.98 Å². The Morgan fingerprint density at radius 3 is 3.10 bits per heavy atom. The SMILES string of the molecule is Cc1cnc(CCC=O)s1. The first-order valence-corrected chi connectivity index (χ1v) is 3.99. The Labute approximate surface area is 63.9 Å². The van der Waals surface area contributed by atoms with Crippen molar-refractivity contribution in [2.24, 2.45) is 0 Å². The molecule has 0 spiro atoms. The van der Waals surface area contributed by atoms with Crippen LogP contribution in [0, 0.1) is 6.92 Å². The molecule has 2 nitrogen and oxygen atoms in total. The second kappa shape index (κ2) is 3.46. The molecular formula is C7H9NOS. The summed E-state index contributed by atoms with van der Waals surface area (Å²) in [6, 6.07) is 0. The van der Waals surface area contributed by atoms with E-state index in [9.17, 15) is 4.79 Å². The lowest BCUT2D eigenvalue weighted by Crippen LogP contribution is -1.82. The molecule has 0 atom stereocenters. The molecule has 10 heavy (non-hydrogen) atoms. The molecule has 0 aliphatic carbocycles. The first-order valence-electron chi connectivity index (χ1n) is 3.18. The summed E-state index contributed by atoms with van der Waals surface area (Å²) in [5.74, 6) is 0. The molecule has 1 rings (SSSR count). The number of carbonyl (C=O) groups is 1. The topological polar surface area (TPSA) is 30.0 Å². The molecular weight excluding hydrogens is 146 g/mol. The van der Waals surface area contributed by atoms with E-state index < -0.39 is 0 Å². The molecule has 1 aromatic rings. The molecule has 3 heteroatoms. The van der Waals surface area contributed by atoms with Crippen LogP contribution < -0.4 is 0 Å². The lowest BCUT2D eigenvalue weighted by Gasteiger charge is -1.84. The molecule has 1 aromatic heterocycles. The number of hydrogen-bond acceptors (Lipinski definition) is 3. The molecule has 54 valence electrons. The summed E-state index contributed by atoms with van der Waals surface area (Å²) in [6.45, 7) is 2.02. The van der Waals surface area contributed by atoms with Gasteiger partial charge in [-0.15, -0.1) is 11.3 Å². The maximum Gasteiger partial charge on any atom is 0.120 e. The summed E-state index contributed by atoms with van der Waals surface area (Å²) in [5, 5.41) is 1.06. The Morgan fingerprint density at radius 2 is 2.60 bits per heavy atom. The van der Waals surface area contributed by atoms with Gasteiger partial charge in [0, 0.05) is 23.9 Å². The van der Waals surface area contributed by atoms with Crippen molar-refractivity contribution in [2.45, 2.75) is 19.8 Å².